The number of benzene rings is 1. The van der Waals surface area contributed by atoms with Crippen molar-refractivity contribution >= 4 is 17.6 Å². The smallest absolute Gasteiger partial charge is 0.0585 e. The third-order valence-corrected chi connectivity index (χ3v) is 2.21. The Morgan fingerprint density at radius 1 is 1.42 bits per heavy atom. The Labute approximate surface area is 78.6 Å². The van der Waals surface area contributed by atoms with Crippen molar-refractivity contribution < 1.29 is 0 Å². The van der Waals surface area contributed by atoms with Crippen molar-refractivity contribution in [3.05, 3.63) is 35.4 Å². The van der Waals surface area contributed by atoms with E-state index in [-0.39, 0.29) is 6.04 Å². The predicted octanol–water partition coefficient (Wildman–Crippen LogP) is 2.25. The lowest BCUT2D eigenvalue weighted by molar-refractivity contribution is 0.990. The standard InChI is InChI=1S/C10H13NS/c1-2-8-3-5-9(6-4-8)10(11)7-12/h3-7,10H,2,11H2,1H3. The summed E-state index contributed by atoms with van der Waals surface area (Å²) in [5.41, 5.74) is 8.14. The van der Waals surface area contributed by atoms with Crippen LogP contribution in [-0.4, -0.2) is 5.37 Å². The molecule has 2 N–H and O–H groups in total. The average molecular weight is 179 g/mol. The van der Waals surface area contributed by atoms with Crippen molar-refractivity contribution in [1.29, 1.82) is 0 Å². The highest BCUT2D eigenvalue weighted by Crippen LogP contribution is 2.10. The number of aryl methyl sites for hydroxylation is 1. The second-order valence-electron chi connectivity index (χ2n) is 2.76. The number of hydrogen-bond acceptors (Lipinski definition) is 2. The second-order valence-corrected chi connectivity index (χ2v) is 3.03. The Bertz CT molecular complexity index is 253. The quantitative estimate of drug-likeness (QED) is 0.720. The molecule has 0 aliphatic rings. The summed E-state index contributed by atoms with van der Waals surface area (Å²) in [5, 5.41) is 1.58. The Balaban J connectivity index is 2.84. The van der Waals surface area contributed by atoms with Crippen LogP contribution in [0.15, 0.2) is 24.3 Å². The summed E-state index contributed by atoms with van der Waals surface area (Å²) in [7, 11) is 0. The maximum atomic E-state index is 5.73. The summed E-state index contributed by atoms with van der Waals surface area (Å²) in [5.74, 6) is 0. The molecule has 0 aliphatic heterocycles. The highest BCUT2D eigenvalue weighted by molar-refractivity contribution is 7.79. The van der Waals surface area contributed by atoms with Gasteiger partial charge in [0.15, 0.2) is 0 Å². The Morgan fingerprint density at radius 3 is 2.42 bits per heavy atom. The minimum Gasteiger partial charge on any atom is -0.320 e. The number of thiocarbonyl (C=S) groups is 1. The zero-order chi connectivity index (χ0) is 8.97. The molecule has 0 aliphatic carbocycles. The van der Waals surface area contributed by atoms with Crippen molar-refractivity contribution in [3.63, 3.8) is 0 Å². The fourth-order valence-corrected chi connectivity index (χ4v) is 1.21. The van der Waals surface area contributed by atoms with Gasteiger partial charge in [0.05, 0.1) is 6.04 Å². The molecule has 0 radical (unpaired) electrons. The number of rotatable bonds is 3. The van der Waals surface area contributed by atoms with E-state index in [1.807, 2.05) is 12.1 Å². The first-order valence-corrected chi connectivity index (χ1v) is 4.54. The molecule has 12 heavy (non-hydrogen) atoms. The van der Waals surface area contributed by atoms with Crippen LogP contribution >= 0.6 is 12.2 Å². The minimum absolute atomic E-state index is 0.106. The van der Waals surface area contributed by atoms with E-state index in [0.717, 1.165) is 12.0 Å². The van der Waals surface area contributed by atoms with Gasteiger partial charge in [-0.2, -0.15) is 0 Å². The molecular formula is C10H13NS. The number of hydrogen-bond donors (Lipinski definition) is 1. The summed E-state index contributed by atoms with van der Waals surface area (Å²) >= 11 is 4.77. The zero-order valence-corrected chi connectivity index (χ0v) is 7.97. The highest BCUT2D eigenvalue weighted by atomic mass is 32.1. The molecule has 64 valence electrons. The Hall–Kier alpha value is -0.730. The minimum atomic E-state index is -0.106. The molecular weight excluding hydrogens is 166 g/mol. The van der Waals surface area contributed by atoms with Crippen LogP contribution in [-0.2, 0) is 6.42 Å². The van der Waals surface area contributed by atoms with Gasteiger partial charge < -0.3 is 5.73 Å². The molecule has 1 nitrogen and oxygen atoms in total. The molecule has 1 unspecified atom stereocenters. The van der Waals surface area contributed by atoms with Crippen LogP contribution in [0.2, 0.25) is 0 Å². The summed E-state index contributed by atoms with van der Waals surface area (Å²) in [6, 6.07) is 8.15. The van der Waals surface area contributed by atoms with Crippen LogP contribution in [0.25, 0.3) is 0 Å². The molecule has 0 saturated carbocycles. The van der Waals surface area contributed by atoms with Crippen molar-refractivity contribution in [1.82, 2.24) is 0 Å². The van der Waals surface area contributed by atoms with Crippen LogP contribution in [0, 0.1) is 0 Å². The fourth-order valence-electron chi connectivity index (χ4n) is 1.05. The molecule has 1 rings (SSSR count). The van der Waals surface area contributed by atoms with Gasteiger partial charge in [-0.25, -0.2) is 0 Å². The molecule has 0 bridgehead atoms. The first-order valence-electron chi connectivity index (χ1n) is 4.07. The first-order chi connectivity index (χ1) is 5.77. The first kappa shape index (κ1) is 9.36. The summed E-state index contributed by atoms with van der Waals surface area (Å²) in [6.45, 7) is 2.13. The van der Waals surface area contributed by atoms with Crippen LogP contribution in [0.4, 0.5) is 0 Å². The van der Waals surface area contributed by atoms with Gasteiger partial charge in [-0.15, -0.1) is 0 Å². The summed E-state index contributed by atoms with van der Waals surface area (Å²) in [6.07, 6.45) is 1.06. The maximum absolute atomic E-state index is 5.73. The van der Waals surface area contributed by atoms with Crippen LogP contribution in [0.3, 0.4) is 0 Å². The molecule has 1 atom stereocenters. The monoisotopic (exact) mass is 179 g/mol. The predicted molar refractivity (Wildman–Crippen MR) is 56.4 cm³/mol. The molecule has 0 spiro atoms. The van der Waals surface area contributed by atoms with Gasteiger partial charge >= 0.3 is 0 Å². The van der Waals surface area contributed by atoms with E-state index in [4.69, 9.17) is 18.0 Å². The van der Waals surface area contributed by atoms with E-state index >= 15 is 0 Å². The molecule has 1 aromatic carbocycles. The molecule has 0 fully saturated rings. The lowest BCUT2D eigenvalue weighted by atomic mass is 10.1. The van der Waals surface area contributed by atoms with Crippen LogP contribution in [0.5, 0.6) is 0 Å². The van der Waals surface area contributed by atoms with Gasteiger partial charge in [-0.05, 0) is 17.5 Å². The van der Waals surface area contributed by atoms with Crippen LogP contribution in [0.1, 0.15) is 24.1 Å². The number of nitrogens with two attached hydrogens (primary N) is 1. The van der Waals surface area contributed by atoms with E-state index in [9.17, 15) is 0 Å². The fraction of sp³-hybridized carbons (Fsp3) is 0.300. The topological polar surface area (TPSA) is 26.0 Å². The largest absolute Gasteiger partial charge is 0.320 e. The molecule has 1 aromatic rings. The van der Waals surface area contributed by atoms with Gasteiger partial charge in [0.25, 0.3) is 0 Å². The van der Waals surface area contributed by atoms with Crippen molar-refractivity contribution in [2.24, 2.45) is 5.73 Å². The SMILES string of the molecule is CCc1ccc(C(N)C=S)cc1. The third-order valence-electron chi connectivity index (χ3n) is 1.92. The van der Waals surface area contributed by atoms with Gasteiger partial charge in [0.1, 0.15) is 0 Å². The molecule has 2 heteroatoms. The van der Waals surface area contributed by atoms with Gasteiger partial charge in [-0.3, -0.25) is 0 Å². The zero-order valence-electron chi connectivity index (χ0n) is 7.16. The van der Waals surface area contributed by atoms with Crippen molar-refractivity contribution in [3.8, 4) is 0 Å². The lowest BCUT2D eigenvalue weighted by Gasteiger charge is -2.05. The van der Waals surface area contributed by atoms with Gasteiger partial charge in [-0.1, -0.05) is 43.4 Å². The molecule has 0 amide bonds. The maximum Gasteiger partial charge on any atom is 0.0585 e. The Morgan fingerprint density at radius 2 is 2.00 bits per heavy atom. The van der Waals surface area contributed by atoms with E-state index in [0.29, 0.717) is 0 Å². The van der Waals surface area contributed by atoms with Gasteiger partial charge in [0.2, 0.25) is 0 Å². The molecule has 0 saturated heterocycles. The van der Waals surface area contributed by atoms with Gasteiger partial charge in [0, 0.05) is 5.37 Å². The lowest BCUT2D eigenvalue weighted by Crippen LogP contribution is -2.09. The van der Waals surface area contributed by atoms with E-state index in [1.54, 1.807) is 5.37 Å². The van der Waals surface area contributed by atoms with Crippen molar-refractivity contribution in [2.75, 3.05) is 0 Å². The van der Waals surface area contributed by atoms with E-state index < -0.39 is 0 Å². The van der Waals surface area contributed by atoms with E-state index in [1.165, 1.54) is 5.56 Å². The van der Waals surface area contributed by atoms with E-state index in [2.05, 4.69) is 19.1 Å². The molecule has 0 heterocycles. The van der Waals surface area contributed by atoms with Crippen molar-refractivity contribution in [2.45, 2.75) is 19.4 Å². The van der Waals surface area contributed by atoms with Crippen LogP contribution < -0.4 is 5.73 Å². The highest BCUT2D eigenvalue weighted by Gasteiger charge is 1.99. The summed E-state index contributed by atoms with van der Waals surface area (Å²) < 4.78 is 0. The third kappa shape index (κ3) is 2.13. The Kier molecular flexibility index (Phi) is 3.38. The molecule has 0 aromatic heterocycles. The average Bonchev–Trinajstić information content (AvgIpc) is 2.17. The second kappa shape index (κ2) is 4.33. The normalized spacial score (nSPS) is 12.5. The summed E-state index contributed by atoms with van der Waals surface area (Å²) in [4.78, 5) is 0.